The number of hydrogen-bond donors (Lipinski definition) is 0. The summed E-state index contributed by atoms with van der Waals surface area (Å²) >= 11 is 0. The number of piperidine rings is 1. The van der Waals surface area contributed by atoms with Gasteiger partial charge in [0.1, 0.15) is 0 Å². The Morgan fingerprint density at radius 1 is 1.08 bits per heavy atom. The summed E-state index contributed by atoms with van der Waals surface area (Å²) in [5.41, 5.74) is 1.74. The van der Waals surface area contributed by atoms with Crippen LogP contribution >= 0.6 is 0 Å². The molecule has 2 aromatic rings. The van der Waals surface area contributed by atoms with Crippen LogP contribution in [0.15, 0.2) is 49.1 Å². The number of nitrogens with zero attached hydrogens (tertiary/aromatic N) is 4. The van der Waals surface area contributed by atoms with E-state index >= 15 is 0 Å². The Kier molecular flexibility index (Phi) is 4.84. The molecular weight excluding hydrogens is 328 g/mol. The number of likely N-dealkylation sites (tertiary alicyclic amines) is 1. The predicted octanol–water partition coefficient (Wildman–Crippen LogP) is 2.24. The normalized spacial score (nSPS) is 23.7. The lowest BCUT2D eigenvalue weighted by Crippen LogP contribution is -2.52. The highest BCUT2D eigenvalue weighted by molar-refractivity contribution is 5.94. The second kappa shape index (κ2) is 7.41. The summed E-state index contributed by atoms with van der Waals surface area (Å²) in [7, 11) is 0. The highest BCUT2D eigenvalue weighted by Crippen LogP contribution is 2.34. The molecule has 1 atom stereocenters. The van der Waals surface area contributed by atoms with Gasteiger partial charge in [-0.15, -0.1) is 0 Å². The average Bonchev–Trinajstić information content (AvgIpc) is 2.91. The van der Waals surface area contributed by atoms with Gasteiger partial charge in [-0.05, 0) is 37.1 Å². The van der Waals surface area contributed by atoms with Crippen LogP contribution in [-0.4, -0.2) is 60.2 Å². The molecule has 0 N–H and O–H groups in total. The number of rotatable bonds is 2. The van der Waals surface area contributed by atoms with Crippen LogP contribution in [0.2, 0.25) is 0 Å². The molecule has 1 amide bonds. The molecule has 6 heteroatoms. The zero-order valence-corrected chi connectivity index (χ0v) is 14.9. The SMILES string of the molecule is O=C(c1cccnc1)N1CCCC2(COCCN(c3cccnc3)C2)C1. The molecule has 0 radical (unpaired) electrons. The van der Waals surface area contributed by atoms with E-state index < -0.39 is 0 Å². The van der Waals surface area contributed by atoms with Crippen molar-refractivity contribution in [2.24, 2.45) is 5.41 Å². The van der Waals surface area contributed by atoms with Gasteiger partial charge in [-0.25, -0.2) is 0 Å². The van der Waals surface area contributed by atoms with E-state index in [4.69, 9.17) is 4.74 Å². The van der Waals surface area contributed by atoms with Crippen LogP contribution in [0.4, 0.5) is 5.69 Å². The first-order valence-electron chi connectivity index (χ1n) is 9.18. The summed E-state index contributed by atoms with van der Waals surface area (Å²) in [5, 5.41) is 0. The van der Waals surface area contributed by atoms with Crippen LogP contribution in [0.3, 0.4) is 0 Å². The van der Waals surface area contributed by atoms with E-state index in [1.165, 1.54) is 0 Å². The van der Waals surface area contributed by atoms with Crippen molar-refractivity contribution in [2.75, 3.05) is 44.3 Å². The largest absolute Gasteiger partial charge is 0.379 e. The van der Waals surface area contributed by atoms with E-state index in [9.17, 15) is 4.79 Å². The van der Waals surface area contributed by atoms with Gasteiger partial charge in [0.2, 0.25) is 0 Å². The fraction of sp³-hybridized carbons (Fsp3) is 0.450. The number of carbonyl (C=O) groups is 1. The van der Waals surface area contributed by atoms with Gasteiger partial charge in [0.25, 0.3) is 5.91 Å². The maximum atomic E-state index is 12.9. The van der Waals surface area contributed by atoms with Crippen LogP contribution in [0.25, 0.3) is 0 Å². The Morgan fingerprint density at radius 2 is 1.92 bits per heavy atom. The topological polar surface area (TPSA) is 58.6 Å². The van der Waals surface area contributed by atoms with E-state index in [-0.39, 0.29) is 11.3 Å². The molecule has 1 spiro atoms. The molecule has 4 heterocycles. The molecule has 0 saturated carbocycles. The number of hydrogen-bond acceptors (Lipinski definition) is 5. The molecule has 6 nitrogen and oxygen atoms in total. The van der Waals surface area contributed by atoms with Gasteiger partial charge in [0.15, 0.2) is 0 Å². The average molecular weight is 352 g/mol. The predicted molar refractivity (Wildman–Crippen MR) is 99.1 cm³/mol. The molecule has 0 aliphatic carbocycles. The van der Waals surface area contributed by atoms with Crippen LogP contribution in [0.1, 0.15) is 23.2 Å². The minimum atomic E-state index is -0.0392. The van der Waals surface area contributed by atoms with Crippen LogP contribution in [0, 0.1) is 5.41 Å². The smallest absolute Gasteiger partial charge is 0.255 e. The number of carbonyl (C=O) groups excluding carboxylic acids is 1. The van der Waals surface area contributed by atoms with Crippen LogP contribution in [-0.2, 0) is 4.74 Å². The van der Waals surface area contributed by atoms with Crippen molar-refractivity contribution in [3.05, 3.63) is 54.6 Å². The molecule has 2 saturated heterocycles. The minimum absolute atomic E-state index is 0.0392. The zero-order valence-electron chi connectivity index (χ0n) is 14.9. The third-order valence-electron chi connectivity index (χ3n) is 5.31. The number of pyridine rings is 2. The third-order valence-corrected chi connectivity index (χ3v) is 5.31. The molecule has 2 aliphatic heterocycles. The summed E-state index contributed by atoms with van der Waals surface area (Å²) in [5.74, 6) is 0.0642. The van der Waals surface area contributed by atoms with Gasteiger partial charge in [0.05, 0.1) is 30.7 Å². The molecule has 2 aliphatic rings. The zero-order chi connectivity index (χ0) is 17.8. The van der Waals surface area contributed by atoms with E-state index in [1.54, 1.807) is 18.6 Å². The molecule has 4 rings (SSSR count). The Balaban J connectivity index is 1.53. The van der Waals surface area contributed by atoms with Crippen molar-refractivity contribution in [3.63, 3.8) is 0 Å². The molecule has 26 heavy (non-hydrogen) atoms. The molecule has 136 valence electrons. The van der Waals surface area contributed by atoms with Gasteiger partial charge in [-0.3, -0.25) is 14.8 Å². The summed E-state index contributed by atoms with van der Waals surface area (Å²) < 4.78 is 5.96. The standard InChI is InChI=1S/C20H24N4O2/c25-19(17-4-1-7-21-12-17)24-9-3-6-20(15-24)14-23(10-11-26-16-20)18-5-2-8-22-13-18/h1-2,4-5,7-8,12-13H,3,6,9-11,14-16H2. The number of amides is 1. The fourth-order valence-electron chi connectivity index (χ4n) is 4.05. The first-order valence-corrected chi connectivity index (χ1v) is 9.18. The number of aromatic nitrogens is 2. The molecule has 0 aromatic carbocycles. The molecule has 0 bridgehead atoms. The van der Waals surface area contributed by atoms with Crippen LogP contribution < -0.4 is 4.90 Å². The molecule has 2 fully saturated rings. The van der Waals surface area contributed by atoms with Gasteiger partial charge in [0, 0.05) is 50.2 Å². The van der Waals surface area contributed by atoms with Crippen molar-refractivity contribution in [3.8, 4) is 0 Å². The Hall–Kier alpha value is -2.47. The van der Waals surface area contributed by atoms with Crippen molar-refractivity contribution in [1.29, 1.82) is 0 Å². The summed E-state index contributed by atoms with van der Waals surface area (Å²) in [4.78, 5) is 25.5. The van der Waals surface area contributed by atoms with Crippen molar-refractivity contribution in [1.82, 2.24) is 14.9 Å². The quantitative estimate of drug-likeness (QED) is 0.830. The Labute approximate surface area is 153 Å². The first-order chi connectivity index (χ1) is 12.8. The van der Waals surface area contributed by atoms with Crippen LogP contribution in [0.5, 0.6) is 0 Å². The lowest BCUT2D eigenvalue weighted by atomic mass is 9.79. The minimum Gasteiger partial charge on any atom is -0.379 e. The second-order valence-corrected chi connectivity index (χ2v) is 7.26. The maximum absolute atomic E-state index is 12.9. The Morgan fingerprint density at radius 3 is 2.69 bits per heavy atom. The summed E-state index contributed by atoms with van der Waals surface area (Å²) in [6.45, 7) is 4.65. The lowest BCUT2D eigenvalue weighted by molar-refractivity contribution is 0.0135. The van der Waals surface area contributed by atoms with E-state index in [0.29, 0.717) is 18.8 Å². The Bertz CT molecular complexity index is 740. The van der Waals surface area contributed by atoms with E-state index in [1.807, 2.05) is 29.3 Å². The van der Waals surface area contributed by atoms with Crippen molar-refractivity contribution in [2.45, 2.75) is 12.8 Å². The van der Waals surface area contributed by atoms with Crippen molar-refractivity contribution < 1.29 is 9.53 Å². The van der Waals surface area contributed by atoms with Gasteiger partial charge in [-0.2, -0.15) is 0 Å². The number of ether oxygens (including phenoxy) is 1. The highest BCUT2D eigenvalue weighted by Gasteiger charge is 2.40. The monoisotopic (exact) mass is 352 g/mol. The molecular formula is C20H24N4O2. The van der Waals surface area contributed by atoms with Crippen molar-refractivity contribution >= 4 is 11.6 Å². The summed E-state index contributed by atoms with van der Waals surface area (Å²) in [6, 6.07) is 7.70. The third kappa shape index (κ3) is 3.55. The van der Waals surface area contributed by atoms with Gasteiger partial charge in [-0.1, -0.05) is 0 Å². The molecule has 2 aromatic heterocycles. The van der Waals surface area contributed by atoms with Gasteiger partial charge < -0.3 is 14.5 Å². The van der Waals surface area contributed by atoms with E-state index in [0.717, 1.165) is 44.7 Å². The maximum Gasteiger partial charge on any atom is 0.255 e. The number of anilines is 1. The van der Waals surface area contributed by atoms with Gasteiger partial charge >= 0.3 is 0 Å². The van der Waals surface area contributed by atoms with E-state index in [2.05, 4.69) is 20.9 Å². The highest BCUT2D eigenvalue weighted by atomic mass is 16.5. The fourth-order valence-corrected chi connectivity index (χ4v) is 4.05. The summed E-state index contributed by atoms with van der Waals surface area (Å²) in [6.07, 6.45) is 9.11. The molecule has 1 unspecified atom stereocenters. The lowest BCUT2D eigenvalue weighted by Gasteiger charge is -2.44. The second-order valence-electron chi connectivity index (χ2n) is 7.26. The first kappa shape index (κ1) is 17.0.